The summed E-state index contributed by atoms with van der Waals surface area (Å²) in [6.45, 7) is 2.57. The number of methoxy groups -OCH3 is 1. The summed E-state index contributed by atoms with van der Waals surface area (Å²) in [5.74, 6) is 1.33. The van der Waals surface area contributed by atoms with Crippen LogP contribution in [0, 0.1) is 5.92 Å². The molecule has 2 aliphatic heterocycles. The molecule has 2 aliphatic rings. The Kier molecular flexibility index (Phi) is 6.62. The van der Waals surface area contributed by atoms with Crippen LogP contribution in [-0.2, 0) is 14.8 Å². The van der Waals surface area contributed by atoms with Crippen LogP contribution in [0.4, 0.5) is 11.5 Å². The van der Waals surface area contributed by atoms with Gasteiger partial charge in [-0.15, -0.1) is 0 Å². The molecule has 8 nitrogen and oxygen atoms in total. The van der Waals surface area contributed by atoms with E-state index in [2.05, 4.69) is 10.2 Å². The molecule has 9 heteroatoms. The smallest absolute Gasteiger partial charge is 0.243 e. The van der Waals surface area contributed by atoms with Gasteiger partial charge in [0.05, 0.1) is 23.4 Å². The highest BCUT2D eigenvalue weighted by molar-refractivity contribution is 7.89. The van der Waals surface area contributed by atoms with Crippen molar-refractivity contribution in [2.45, 2.75) is 30.6 Å². The number of pyridine rings is 1. The van der Waals surface area contributed by atoms with E-state index < -0.39 is 10.0 Å². The van der Waals surface area contributed by atoms with Gasteiger partial charge in [0.15, 0.2) is 0 Å². The number of nitrogens with one attached hydrogen (secondary N) is 1. The summed E-state index contributed by atoms with van der Waals surface area (Å²) < 4.78 is 32.6. The molecule has 2 fully saturated rings. The molecule has 2 saturated heterocycles. The van der Waals surface area contributed by atoms with Crippen molar-refractivity contribution < 1.29 is 17.9 Å². The first-order valence-corrected chi connectivity index (χ1v) is 13.5. The minimum absolute atomic E-state index is 0.0134. The SMILES string of the molecule is COc1cccc(NC(=O)C2CCCN(c3ccc4cc(S(=O)(=O)N5CCCC5)ccc4n3)C2)c1. The van der Waals surface area contributed by atoms with Crippen molar-refractivity contribution in [2.24, 2.45) is 5.92 Å². The molecule has 1 aromatic heterocycles. The van der Waals surface area contributed by atoms with Crippen molar-refractivity contribution in [1.82, 2.24) is 9.29 Å². The first kappa shape index (κ1) is 23.6. The Bertz CT molecular complexity index is 1340. The number of hydrogen-bond acceptors (Lipinski definition) is 6. The monoisotopic (exact) mass is 494 g/mol. The summed E-state index contributed by atoms with van der Waals surface area (Å²) >= 11 is 0. The van der Waals surface area contributed by atoms with Crippen LogP contribution in [0.1, 0.15) is 25.7 Å². The van der Waals surface area contributed by atoms with E-state index in [-0.39, 0.29) is 11.8 Å². The van der Waals surface area contributed by atoms with E-state index in [9.17, 15) is 13.2 Å². The highest BCUT2D eigenvalue weighted by atomic mass is 32.2. The Morgan fingerprint density at radius 1 is 1.03 bits per heavy atom. The summed E-state index contributed by atoms with van der Waals surface area (Å²) in [4.78, 5) is 20.2. The number of carbonyl (C=O) groups excluding carboxylic acids is 1. The fraction of sp³-hybridized carbons (Fsp3) is 0.385. The molecule has 0 bridgehead atoms. The lowest BCUT2D eigenvalue weighted by Gasteiger charge is -2.33. The number of amides is 1. The number of anilines is 2. The highest BCUT2D eigenvalue weighted by Crippen LogP contribution is 2.28. The van der Waals surface area contributed by atoms with Gasteiger partial charge in [0.2, 0.25) is 15.9 Å². The molecule has 1 N–H and O–H groups in total. The van der Waals surface area contributed by atoms with Gasteiger partial charge in [0, 0.05) is 43.3 Å². The number of benzene rings is 2. The molecular weight excluding hydrogens is 464 g/mol. The standard InChI is InChI=1S/C26H30N4O4S/c1-34-22-8-4-7-21(17-22)27-26(31)20-6-5-13-29(18-20)25-12-9-19-16-23(10-11-24(19)28-25)35(32,33)30-14-2-3-15-30/h4,7-12,16-17,20H,2-3,5-6,13-15,18H2,1H3,(H,27,31). The molecule has 3 heterocycles. The molecule has 0 spiro atoms. The first-order valence-electron chi connectivity index (χ1n) is 12.0. The Balaban J connectivity index is 1.30. The Hall–Kier alpha value is -3.17. The van der Waals surface area contributed by atoms with Crippen LogP contribution in [0.15, 0.2) is 59.5 Å². The third-order valence-corrected chi connectivity index (χ3v) is 8.70. The quantitative estimate of drug-likeness (QED) is 0.559. The van der Waals surface area contributed by atoms with E-state index in [1.54, 1.807) is 29.6 Å². The van der Waals surface area contributed by atoms with Gasteiger partial charge in [-0.25, -0.2) is 13.4 Å². The Morgan fingerprint density at radius 2 is 1.86 bits per heavy atom. The van der Waals surface area contributed by atoms with Crippen LogP contribution in [0.2, 0.25) is 0 Å². The van der Waals surface area contributed by atoms with E-state index in [0.717, 1.165) is 54.6 Å². The second-order valence-corrected chi connectivity index (χ2v) is 11.1. The first-order chi connectivity index (χ1) is 16.9. The summed E-state index contributed by atoms with van der Waals surface area (Å²) in [6.07, 6.45) is 3.53. The van der Waals surface area contributed by atoms with Crippen LogP contribution >= 0.6 is 0 Å². The van der Waals surface area contributed by atoms with E-state index in [1.165, 1.54) is 0 Å². The van der Waals surface area contributed by atoms with E-state index in [4.69, 9.17) is 9.72 Å². The fourth-order valence-electron chi connectivity index (χ4n) is 4.85. The fourth-order valence-corrected chi connectivity index (χ4v) is 6.40. The van der Waals surface area contributed by atoms with Crippen molar-refractivity contribution in [1.29, 1.82) is 0 Å². The van der Waals surface area contributed by atoms with Crippen LogP contribution in [0.5, 0.6) is 5.75 Å². The normalized spacial score (nSPS) is 19.1. The van der Waals surface area contributed by atoms with Crippen molar-refractivity contribution in [2.75, 3.05) is 43.5 Å². The van der Waals surface area contributed by atoms with Gasteiger partial charge in [0.1, 0.15) is 11.6 Å². The molecule has 184 valence electrons. The molecule has 2 aromatic carbocycles. The van der Waals surface area contributed by atoms with E-state index in [0.29, 0.717) is 30.3 Å². The van der Waals surface area contributed by atoms with E-state index in [1.807, 2.05) is 36.4 Å². The number of carbonyl (C=O) groups is 1. The predicted octanol–water partition coefficient (Wildman–Crippen LogP) is 3.88. The van der Waals surface area contributed by atoms with Gasteiger partial charge in [-0.2, -0.15) is 4.31 Å². The second-order valence-electron chi connectivity index (χ2n) is 9.14. The molecule has 0 aliphatic carbocycles. The van der Waals surface area contributed by atoms with Gasteiger partial charge in [0.25, 0.3) is 0 Å². The highest BCUT2D eigenvalue weighted by Gasteiger charge is 2.28. The number of piperidine rings is 1. The van der Waals surface area contributed by atoms with Crippen LogP contribution in [0.25, 0.3) is 10.9 Å². The minimum atomic E-state index is -3.47. The van der Waals surface area contributed by atoms with Gasteiger partial charge in [-0.05, 0) is 68.1 Å². The lowest BCUT2D eigenvalue weighted by molar-refractivity contribution is -0.120. The minimum Gasteiger partial charge on any atom is -0.497 e. The molecule has 3 aromatic rings. The molecule has 1 unspecified atom stereocenters. The summed E-state index contributed by atoms with van der Waals surface area (Å²) in [7, 11) is -1.86. The lowest BCUT2D eigenvalue weighted by Crippen LogP contribution is -2.41. The third-order valence-electron chi connectivity index (χ3n) is 6.80. The van der Waals surface area contributed by atoms with E-state index >= 15 is 0 Å². The largest absolute Gasteiger partial charge is 0.497 e. The van der Waals surface area contributed by atoms with Crippen LogP contribution < -0.4 is 15.0 Å². The van der Waals surface area contributed by atoms with Crippen molar-refractivity contribution in [3.63, 3.8) is 0 Å². The maximum absolute atomic E-state index is 12.9. The lowest BCUT2D eigenvalue weighted by atomic mass is 9.97. The van der Waals surface area contributed by atoms with Crippen LogP contribution in [-0.4, -0.2) is 56.9 Å². The van der Waals surface area contributed by atoms with Crippen molar-refractivity contribution in [3.05, 3.63) is 54.6 Å². The maximum Gasteiger partial charge on any atom is 0.243 e. The summed E-state index contributed by atoms with van der Waals surface area (Å²) in [5, 5.41) is 3.79. The molecular formula is C26H30N4O4S. The van der Waals surface area contributed by atoms with Gasteiger partial charge in [-0.1, -0.05) is 6.07 Å². The Labute approximate surface area is 205 Å². The topological polar surface area (TPSA) is 91.8 Å². The zero-order chi connectivity index (χ0) is 24.4. The number of ether oxygens (including phenoxy) is 1. The molecule has 0 radical (unpaired) electrons. The number of fused-ring (bicyclic) bond motifs is 1. The molecule has 35 heavy (non-hydrogen) atoms. The molecule has 1 atom stereocenters. The Morgan fingerprint density at radius 3 is 2.66 bits per heavy atom. The summed E-state index contributed by atoms with van der Waals surface area (Å²) in [6, 6.07) is 16.3. The summed E-state index contributed by atoms with van der Waals surface area (Å²) in [5.41, 5.74) is 1.46. The average molecular weight is 495 g/mol. The van der Waals surface area contributed by atoms with Crippen molar-refractivity contribution >= 4 is 38.3 Å². The van der Waals surface area contributed by atoms with Crippen LogP contribution in [0.3, 0.4) is 0 Å². The number of aromatic nitrogens is 1. The average Bonchev–Trinajstić information content (AvgIpc) is 3.44. The zero-order valence-electron chi connectivity index (χ0n) is 19.8. The van der Waals surface area contributed by atoms with Crippen molar-refractivity contribution in [3.8, 4) is 5.75 Å². The number of rotatable bonds is 6. The number of nitrogens with zero attached hydrogens (tertiary/aromatic N) is 3. The maximum atomic E-state index is 12.9. The number of hydrogen-bond donors (Lipinski definition) is 1. The molecule has 5 rings (SSSR count). The molecule has 0 saturated carbocycles. The molecule has 1 amide bonds. The van der Waals surface area contributed by atoms with Gasteiger partial charge in [-0.3, -0.25) is 4.79 Å². The van der Waals surface area contributed by atoms with Gasteiger partial charge >= 0.3 is 0 Å². The predicted molar refractivity (Wildman–Crippen MR) is 136 cm³/mol. The van der Waals surface area contributed by atoms with Gasteiger partial charge < -0.3 is 15.0 Å². The zero-order valence-corrected chi connectivity index (χ0v) is 20.6. The second kappa shape index (κ2) is 9.83. The number of sulfonamides is 1. The third kappa shape index (κ3) is 4.97.